The molecule has 0 spiro atoms. The average molecular weight is 267 g/mol. The Hall–Kier alpha value is -0.670. The fourth-order valence-electron chi connectivity index (χ4n) is 1.93. The molecule has 2 rings (SSSR count). The quantitative estimate of drug-likeness (QED) is 0.837. The second kappa shape index (κ2) is 4.90. The van der Waals surface area contributed by atoms with Crippen molar-refractivity contribution in [1.82, 2.24) is 4.98 Å². The number of hydrogen-bond acceptors (Lipinski definition) is 2. The second-order valence-corrected chi connectivity index (χ2v) is 4.94. The van der Waals surface area contributed by atoms with E-state index < -0.39 is 0 Å². The van der Waals surface area contributed by atoms with Crippen LogP contribution in [0.3, 0.4) is 0 Å². The summed E-state index contributed by atoms with van der Waals surface area (Å²) in [6.07, 6.45) is 8.50. The topological polar surface area (TPSA) is 38.9 Å². The molecule has 2 nitrogen and oxygen atoms in total. The maximum atomic E-state index is 5.90. The molecular formula is C12H15BrN2. The van der Waals surface area contributed by atoms with E-state index in [4.69, 9.17) is 5.73 Å². The molecule has 80 valence electrons. The highest BCUT2D eigenvalue weighted by Crippen LogP contribution is 2.20. The third-order valence-corrected chi connectivity index (χ3v) is 3.15. The molecule has 2 N–H and O–H groups in total. The molecule has 0 aromatic carbocycles. The molecule has 0 amide bonds. The highest BCUT2D eigenvalue weighted by molar-refractivity contribution is 9.10. The molecule has 0 bridgehead atoms. The Kier molecular flexibility index (Phi) is 3.54. The number of rotatable bonds is 2. The first-order chi connectivity index (χ1) is 7.24. The Morgan fingerprint density at radius 3 is 3.00 bits per heavy atom. The fraction of sp³-hybridized carbons (Fsp3) is 0.417. The van der Waals surface area contributed by atoms with Gasteiger partial charge in [-0.2, -0.15) is 0 Å². The van der Waals surface area contributed by atoms with Crippen LogP contribution in [0.5, 0.6) is 0 Å². The van der Waals surface area contributed by atoms with Gasteiger partial charge in [0.1, 0.15) is 0 Å². The van der Waals surface area contributed by atoms with Crippen molar-refractivity contribution in [2.24, 2.45) is 5.73 Å². The molecule has 1 heterocycles. The molecule has 3 heteroatoms. The molecule has 1 aliphatic rings. The van der Waals surface area contributed by atoms with E-state index in [1.807, 2.05) is 12.3 Å². The highest BCUT2D eigenvalue weighted by Gasteiger charge is 2.10. The molecule has 1 unspecified atom stereocenters. The maximum Gasteiger partial charge on any atom is 0.0444 e. The van der Waals surface area contributed by atoms with Crippen molar-refractivity contribution in [3.8, 4) is 0 Å². The minimum absolute atomic E-state index is 0.254. The van der Waals surface area contributed by atoms with Gasteiger partial charge in [-0.25, -0.2) is 0 Å². The van der Waals surface area contributed by atoms with E-state index >= 15 is 0 Å². The van der Waals surface area contributed by atoms with Gasteiger partial charge in [-0.1, -0.05) is 11.6 Å². The summed E-state index contributed by atoms with van der Waals surface area (Å²) in [6.45, 7) is 0. The monoisotopic (exact) mass is 266 g/mol. The molecule has 0 radical (unpaired) electrons. The van der Waals surface area contributed by atoms with Crippen molar-refractivity contribution in [1.29, 1.82) is 0 Å². The number of allylic oxidation sites excluding steroid dienone is 1. The predicted molar refractivity (Wildman–Crippen MR) is 65.6 cm³/mol. The summed E-state index contributed by atoms with van der Waals surface area (Å²) in [5, 5.41) is 0. The van der Waals surface area contributed by atoms with Crippen molar-refractivity contribution >= 4 is 15.9 Å². The van der Waals surface area contributed by atoms with Crippen LogP contribution in [-0.2, 0) is 6.42 Å². The summed E-state index contributed by atoms with van der Waals surface area (Å²) in [4.78, 5) is 4.37. The van der Waals surface area contributed by atoms with E-state index in [1.165, 1.54) is 18.4 Å². The van der Waals surface area contributed by atoms with Crippen LogP contribution in [0.25, 0.3) is 0 Å². The number of aromatic nitrogens is 1. The number of pyridine rings is 1. The fourth-order valence-corrected chi connectivity index (χ4v) is 2.16. The van der Waals surface area contributed by atoms with E-state index in [1.54, 1.807) is 0 Å². The minimum Gasteiger partial charge on any atom is -0.324 e. The molecular weight excluding hydrogens is 252 g/mol. The van der Waals surface area contributed by atoms with Crippen LogP contribution in [0.2, 0.25) is 0 Å². The number of halogens is 1. The van der Waals surface area contributed by atoms with Gasteiger partial charge in [-0.3, -0.25) is 4.98 Å². The molecule has 0 saturated carbocycles. The van der Waals surface area contributed by atoms with Crippen molar-refractivity contribution in [2.45, 2.75) is 31.7 Å². The maximum absolute atomic E-state index is 5.90. The Bertz CT molecular complexity index is 356. The Morgan fingerprint density at radius 2 is 2.33 bits per heavy atom. The number of hydrogen-bond donors (Lipinski definition) is 1. The number of nitrogens with zero attached hydrogens (tertiary/aromatic N) is 1. The Labute approximate surface area is 98.7 Å². The van der Waals surface area contributed by atoms with E-state index in [9.17, 15) is 0 Å². The van der Waals surface area contributed by atoms with Crippen LogP contribution < -0.4 is 5.73 Å². The third-order valence-electron chi connectivity index (χ3n) is 2.68. The molecule has 1 aromatic rings. The zero-order valence-electron chi connectivity index (χ0n) is 8.62. The summed E-state index contributed by atoms with van der Waals surface area (Å²) in [5.74, 6) is 0. The first-order valence-corrected chi connectivity index (χ1v) is 6.09. The molecule has 1 aromatic heterocycles. The smallest absolute Gasteiger partial charge is 0.0444 e. The number of nitrogens with two attached hydrogens (primary N) is 1. The highest BCUT2D eigenvalue weighted by atomic mass is 79.9. The van der Waals surface area contributed by atoms with Gasteiger partial charge in [0.25, 0.3) is 0 Å². The van der Waals surface area contributed by atoms with E-state index in [2.05, 4.69) is 33.1 Å². The summed E-state index contributed by atoms with van der Waals surface area (Å²) in [7, 11) is 0. The molecule has 0 aliphatic heterocycles. The summed E-state index contributed by atoms with van der Waals surface area (Å²) in [5.41, 5.74) is 8.46. The lowest BCUT2D eigenvalue weighted by atomic mass is 9.93. The third kappa shape index (κ3) is 3.14. The van der Waals surface area contributed by atoms with Crippen molar-refractivity contribution in [2.75, 3.05) is 0 Å². The molecule has 1 aliphatic carbocycles. The molecule has 15 heavy (non-hydrogen) atoms. The lowest BCUT2D eigenvalue weighted by molar-refractivity contribution is 0.616. The Balaban J connectivity index is 2.05. The largest absolute Gasteiger partial charge is 0.324 e. The normalized spacial score (nSPS) is 21.2. The van der Waals surface area contributed by atoms with Gasteiger partial charge in [0.2, 0.25) is 0 Å². The minimum atomic E-state index is 0.254. The van der Waals surface area contributed by atoms with Crippen LogP contribution in [0.1, 0.15) is 25.0 Å². The van der Waals surface area contributed by atoms with Gasteiger partial charge in [0, 0.05) is 28.8 Å². The summed E-state index contributed by atoms with van der Waals surface area (Å²) in [6, 6.07) is 4.35. The molecule has 0 fully saturated rings. The van der Waals surface area contributed by atoms with Gasteiger partial charge in [0.15, 0.2) is 0 Å². The van der Waals surface area contributed by atoms with E-state index in [0.717, 1.165) is 23.0 Å². The van der Waals surface area contributed by atoms with Crippen molar-refractivity contribution in [3.05, 3.63) is 40.1 Å². The van der Waals surface area contributed by atoms with Crippen LogP contribution in [0, 0.1) is 0 Å². The van der Waals surface area contributed by atoms with Crippen molar-refractivity contribution < 1.29 is 0 Å². The second-order valence-electron chi connectivity index (χ2n) is 4.03. The lowest BCUT2D eigenvalue weighted by Gasteiger charge is -2.17. The molecule has 1 atom stereocenters. The van der Waals surface area contributed by atoms with Crippen LogP contribution in [0.4, 0.5) is 0 Å². The SMILES string of the molecule is NC1C=C(Cc2ccc(Br)cn2)CCC1. The van der Waals surface area contributed by atoms with Crippen LogP contribution in [0.15, 0.2) is 34.5 Å². The summed E-state index contributed by atoms with van der Waals surface area (Å²) >= 11 is 3.38. The van der Waals surface area contributed by atoms with Crippen LogP contribution >= 0.6 is 15.9 Å². The zero-order valence-corrected chi connectivity index (χ0v) is 10.2. The average Bonchev–Trinajstić information content (AvgIpc) is 2.22. The van der Waals surface area contributed by atoms with Gasteiger partial charge in [-0.15, -0.1) is 0 Å². The van der Waals surface area contributed by atoms with Gasteiger partial charge in [0.05, 0.1) is 0 Å². The Morgan fingerprint density at radius 1 is 1.47 bits per heavy atom. The van der Waals surface area contributed by atoms with Crippen LogP contribution in [-0.4, -0.2) is 11.0 Å². The van der Waals surface area contributed by atoms with E-state index in [0.29, 0.717) is 0 Å². The van der Waals surface area contributed by atoms with Crippen molar-refractivity contribution in [3.63, 3.8) is 0 Å². The van der Waals surface area contributed by atoms with Gasteiger partial charge >= 0.3 is 0 Å². The predicted octanol–water partition coefficient (Wildman–Crippen LogP) is 2.82. The first kappa shape index (κ1) is 10.8. The van der Waals surface area contributed by atoms with Gasteiger partial charge in [-0.05, 0) is 47.3 Å². The van der Waals surface area contributed by atoms with E-state index in [-0.39, 0.29) is 6.04 Å². The first-order valence-electron chi connectivity index (χ1n) is 5.29. The molecule has 0 saturated heterocycles. The summed E-state index contributed by atoms with van der Waals surface area (Å²) < 4.78 is 1.03. The zero-order chi connectivity index (χ0) is 10.7. The lowest BCUT2D eigenvalue weighted by Crippen LogP contribution is -2.20. The van der Waals surface area contributed by atoms with Gasteiger partial charge < -0.3 is 5.73 Å². The standard InChI is InChI=1S/C12H15BrN2/c13-10-4-5-12(15-8-10)7-9-2-1-3-11(14)6-9/h4-6,8,11H,1-3,7,14H2.